The first-order chi connectivity index (χ1) is 13.2. The number of pyridine rings is 1. The number of nitrogens with zero attached hydrogens (tertiary/aromatic N) is 4. The first kappa shape index (κ1) is 17.3. The lowest BCUT2D eigenvalue weighted by Crippen LogP contribution is -2.38. The van der Waals surface area contributed by atoms with E-state index in [1.807, 2.05) is 64.0 Å². The molecule has 3 heterocycles. The van der Waals surface area contributed by atoms with Crippen molar-refractivity contribution < 1.29 is 9.53 Å². The standard InChI is InChI=1S/C21H22N4O2/c1-27-18-8-4-6-16(14-18)10-11-20(26)24-12-5-7-17(15-24)21-23-22-19-9-2-3-13-25(19)21/h2-4,6,8-11,13-14,17H,5,7,12,15H2,1H3/b11-10+. The molecule has 138 valence electrons. The molecule has 0 aliphatic carbocycles. The first-order valence-corrected chi connectivity index (χ1v) is 9.15. The number of carbonyl (C=O) groups excluding carboxylic acids is 1. The van der Waals surface area contributed by atoms with Crippen molar-refractivity contribution >= 4 is 17.6 Å². The highest BCUT2D eigenvalue weighted by molar-refractivity contribution is 5.92. The van der Waals surface area contributed by atoms with Gasteiger partial charge in [0.05, 0.1) is 7.11 Å². The Bertz CT molecular complexity index is 979. The van der Waals surface area contributed by atoms with E-state index >= 15 is 0 Å². The second-order valence-corrected chi connectivity index (χ2v) is 6.72. The van der Waals surface area contributed by atoms with Crippen LogP contribution in [0.1, 0.15) is 30.1 Å². The molecule has 1 aliphatic rings. The summed E-state index contributed by atoms with van der Waals surface area (Å²) in [6.45, 7) is 1.44. The van der Waals surface area contributed by atoms with E-state index in [1.165, 1.54) is 0 Å². The van der Waals surface area contributed by atoms with E-state index in [9.17, 15) is 4.79 Å². The Labute approximate surface area is 158 Å². The first-order valence-electron chi connectivity index (χ1n) is 9.15. The van der Waals surface area contributed by atoms with Crippen molar-refractivity contribution in [1.29, 1.82) is 0 Å². The van der Waals surface area contributed by atoms with Crippen LogP contribution in [-0.2, 0) is 4.79 Å². The number of benzene rings is 1. The zero-order chi connectivity index (χ0) is 18.6. The lowest BCUT2D eigenvalue weighted by atomic mass is 9.97. The van der Waals surface area contributed by atoms with E-state index < -0.39 is 0 Å². The fourth-order valence-corrected chi connectivity index (χ4v) is 3.54. The van der Waals surface area contributed by atoms with Gasteiger partial charge in [0, 0.05) is 31.3 Å². The van der Waals surface area contributed by atoms with Crippen LogP contribution >= 0.6 is 0 Å². The fourth-order valence-electron chi connectivity index (χ4n) is 3.54. The maximum absolute atomic E-state index is 12.7. The van der Waals surface area contributed by atoms with Crippen molar-refractivity contribution in [2.75, 3.05) is 20.2 Å². The van der Waals surface area contributed by atoms with Crippen LogP contribution in [0.2, 0.25) is 0 Å². The van der Waals surface area contributed by atoms with E-state index in [0.717, 1.165) is 42.2 Å². The molecule has 0 N–H and O–H groups in total. The molecule has 0 saturated carbocycles. The van der Waals surface area contributed by atoms with Crippen molar-refractivity contribution in [3.63, 3.8) is 0 Å². The number of ether oxygens (including phenoxy) is 1. The smallest absolute Gasteiger partial charge is 0.246 e. The predicted molar refractivity (Wildman–Crippen MR) is 104 cm³/mol. The van der Waals surface area contributed by atoms with E-state index in [4.69, 9.17) is 4.74 Å². The van der Waals surface area contributed by atoms with Gasteiger partial charge in [0.25, 0.3) is 0 Å². The number of hydrogen-bond acceptors (Lipinski definition) is 4. The van der Waals surface area contributed by atoms with E-state index in [1.54, 1.807) is 13.2 Å². The number of likely N-dealkylation sites (tertiary alicyclic amines) is 1. The van der Waals surface area contributed by atoms with Gasteiger partial charge < -0.3 is 9.64 Å². The number of hydrogen-bond donors (Lipinski definition) is 0. The summed E-state index contributed by atoms with van der Waals surface area (Å²) in [7, 11) is 1.63. The number of aromatic nitrogens is 3. The molecular formula is C21H22N4O2. The van der Waals surface area contributed by atoms with Gasteiger partial charge in [-0.1, -0.05) is 18.2 Å². The van der Waals surface area contributed by atoms with Crippen LogP contribution in [0, 0.1) is 0 Å². The molecule has 0 radical (unpaired) electrons. The highest BCUT2D eigenvalue weighted by atomic mass is 16.5. The summed E-state index contributed by atoms with van der Waals surface area (Å²) in [5, 5.41) is 8.61. The second kappa shape index (κ2) is 7.61. The molecule has 4 rings (SSSR count). The zero-order valence-electron chi connectivity index (χ0n) is 15.3. The molecule has 1 unspecified atom stereocenters. The Hall–Kier alpha value is -3.15. The van der Waals surface area contributed by atoms with Crippen molar-refractivity contribution in [2.24, 2.45) is 0 Å². The van der Waals surface area contributed by atoms with Gasteiger partial charge >= 0.3 is 0 Å². The molecule has 6 heteroatoms. The highest BCUT2D eigenvalue weighted by Gasteiger charge is 2.26. The molecule has 0 spiro atoms. The van der Waals surface area contributed by atoms with Crippen LogP contribution in [0.15, 0.2) is 54.7 Å². The summed E-state index contributed by atoms with van der Waals surface area (Å²) in [5.41, 5.74) is 1.79. The van der Waals surface area contributed by atoms with Gasteiger partial charge in [0.2, 0.25) is 5.91 Å². The minimum atomic E-state index is 0.0244. The minimum Gasteiger partial charge on any atom is -0.497 e. The van der Waals surface area contributed by atoms with Crippen LogP contribution in [0.4, 0.5) is 0 Å². The van der Waals surface area contributed by atoms with Crippen molar-refractivity contribution in [1.82, 2.24) is 19.5 Å². The van der Waals surface area contributed by atoms with Crippen LogP contribution < -0.4 is 4.74 Å². The van der Waals surface area contributed by atoms with Crippen molar-refractivity contribution in [3.8, 4) is 5.75 Å². The van der Waals surface area contributed by atoms with E-state index in [2.05, 4.69) is 10.2 Å². The SMILES string of the molecule is COc1cccc(/C=C/C(=O)N2CCCC(c3nnc4ccccn34)C2)c1. The fraction of sp³-hybridized carbons (Fsp3) is 0.286. The number of rotatable bonds is 4. The summed E-state index contributed by atoms with van der Waals surface area (Å²) in [6, 6.07) is 13.5. The average Bonchev–Trinajstić information content (AvgIpc) is 3.16. The van der Waals surface area contributed by atoms with Gasteiger partial charge in [-0.05, 0) is 48.7 Å². The lowest BCUT2D eigenvalue weighted by Gasteiger charge is -2.31. The third kappa shape index (κ3) is 3.69. The van der Waals surface area contributed by atoms with Crippen LogP contribution in [0.5, 0.6) is 5.75 Å². The van der Waals surface area contributed by atoms with Crippen LogP contribution in [0.25, 0.3) is 11.7 Å². The number of piperidine rings is 1. The molecule has 1 aromatic carbocycles. The van der Waals surface area contributed by atoms with Crippen LogP contribution in [0.3, 0.4) is 0 Å². The summed E-state index contributed by atoms with van der Waals surface area (Å²) >= 11 is 0. The summed E-state index contributed by atoms with van der Waals surface area (Å²) < 4.78 is 7.24. The van der Waals surface area contributed by atoms with Crippen LogP contribution in [-0.4, -0.2) is 45.6 Å². The number of fused-ring (bicyclic) bond motifs is 1. The Balaban J connectivity index is 1.47. The van der Waals surface area contributed by atoms with Gasteiger partial charge in [0.15, 0.2) is 5.65 Å². The molecule has 1 fully saturated rings. The van der Waals surface area contributed by atoms with Crippen molar-refractivity contribution in [2.45, 2.75) is 18.8 Å². The normalized spacial score (nSPS) is 17.5. The highest BCUT2D eigenvalue weighted by Crippen LogP contribution is 2.26. The lowest BCUT2D eigenvalue weighted by molar-refractivity contribution is -0.127. The Morgan fingerprint density at radius 3 is 3.04 bits per heavy atom. The van der Waals surface area contributed by atoms with Gasteiger partial charge in [-0.2, -0.15) is 0 Å². The largest absolute Gasteiger partial charge is 0.497 e. The summed E-state index contributed by atoms with van der Waals surface area (Å²) in [6.07, 6.45) is 7.43. The third-order valence-electron chi connectivity index (χ3n) is 4.95. The molecule has 3 aromatic rings. The average molecular weight is 362 g/mol. The topological polar surface area (TPSA) is 59.7 Å². The molecule has 27 heavy (non-hydrogen) atoms. The van der Waals surface area contributed by atoms with Gasteiger partial charge in [0.1, 0.15) is 11.6 Å². The van der Waals surface area contributed by atoms with Gasteiger partial charge in [-0.25, -0.2) is 0 Å². The molecule has 6 nitrogen and oxygen atoms in total. The molecule has 2 aromatic heterocycles. The summed E-state index contributed by atoms with van der Waals surface area (Å²) in [4.78, 5) is 14.6. The quantitative estimate of drug-likeness (QED) is 0.669. The van der Waals surface area contributed by atoms with E-state index in [-0.39, 0.29) is 11.8 Å². The van der Waals surface area contributed by atoms with Crippen molar-refractivity contribution in [3.05, 3.63) is 66.1 Å². The Morgan fingerprint density at radius 2 is 2.15 bits per heavy atom. The number of amides is 1. The maximum atomic E-state index is 12.7. The Morgan fingerprint density at radius 1 is 1.22 bits per heavy atom. The molecule has 0 bridgehead atoms. The molecule has 1 aliphatic heterocycles. The second-order valence-electron chi connectivity index (χ2n) is 6.72. The molecule has 1 amide bonds. The molecule has 1 saturated heterocycles. The summed E-state index contributed by atoms with van der Waals surface area (Å²) in [5.74, 6) is 1.93. The minimum absolute atomic E-state index is 0.0244. The third-order valence-corrected chi connectivity index (χ3v) is 4.95. The molecule has 1 atom stereocenters. The maximum Gasteiger partial charge on any atom is 0.246 e. The predicted octanol–water partition coefficient (Wildman–Crippen LogP) is 3.16. The Kier molecular flexibility index (Phi) is 4.87. The molecular weight excluding hydrogens is 340 g/mol. The van der Waals surface area contributed by atoms with Gasteiger partial charge in [-0.15, -0.1) is 10.2 Å². The van der Waals surface area contributed by atoms with E-state index in [0.29, 0.717) is 6.54 Å². The number of methoxy groups -OCH3 is 1. The number of carbonyl (C=O) groups is 1. The van der Waals surface area contributed by atoms with Gasteiger partial charge in [-0.3, -0.25) is 9.20 Å². The zero-order valence-corrected chi connectivity index (χ0v) is 15.3. The monoisotopic (exact) mass is 362 g/mol.